The number of rotatable bonds is 4. The van der Waals surface area contributed by atoms with Crippen molar-refractivity contribution in [1.82, 2.24) is 0 Å². The molecule has 0 aliphatic heterocycles. The molecule has 0 radical (unpaired) electrons. The summed E-state index contributed by atoms with van der Waals surface area (Å²) in [5, 5.41) is 0. The van der Waals surface area contributed by atoms with Crippen LogP contribution in [0.25, 0.3) is 0 Å². The monoisotopic (exact) mass is 242 g/mol. The van der Waals surface area contributed by atoms with Gasteiger partial charge in [-0.3, -0.25) is 0 Å². The van der Waals surface area contributed by atoms with E-state index >= 15 is 0 Å². The van der Waals surface area contributed by atoms with Crippen LogP contribution >= 0.6 is 0 Å². The van der Waals surface area contributed by atoms with Gasteiger partial charge < -0.3 is 4.74 Å². The van der Waals surface area contributed by atoms with Crippen molar-refractivity contribution in [1.29, 1.82) is 0 Å². The minimum Gasteiger partial charge on any atom is -0.366 e. The van der Waals surface area contributed by atoms with Crippen LogP contribution in [0.15, 0.2) is 0 Å². The van der Waals surface area contributed by atoms with Crippen molar-refractivity contribution in [3.05, 3.63) is 0 Å². The number of alkyl halides is 7. The zero-order chi connectivity index (χ0) is 12.5. The molecule has 0 aromatic heterocycles. The quantitative estimate of drug-likeness (QED) is 0.687. The highest BCUT2D eigenvalue weighted by Gasteiger charge is 2.68. The van der Waals surface area contributed by atoms with E-state index in [0.717, 1.165) is 6.92 Å². The molecule has 1 nitrogen and oxygen atoms in total. The molecule has 0 bridgehead atoms. The van der Waals surface area contributed by atoms with Gasteiger partial charge in [0.2, 0.25) is 0 Å². The fourth-order valence-electron chi connectivity index (χ4n) is 0.885. The van der Waals surface area contributed by atoms with E-state index in [1.807, 2.05) is 0 Å². The Labute approximate surface area is 81.2 Å². The number of halogens is 7. The van der Waals surface area contributed by atoms with Crippen molar-refractivity contribution in [3.63, 3.8) is 0 Å². The number of hydrogen-bond acceptors (Lipinski definition) is 1. The molecule has 1 atom stereocenters. The maximum Gasteiger partial charge on any atom is 0.456 e. The molecule has 0 aliphatic rings. The Morgan fingerprint density at radius 3 is 1.60 bits per heavy atom. The maximum atomic E-state index is 12.5. The summed E-state index contributed by atoms with van der Waals surface area (Å²) in [6.07, 6.45) is -9.57. The van der Waals surface area contributed by atoms with Gasteiger partial charge in [-0.05, 0) is 6.92 Å². The largest absolute Gasteiger partial charge is 0.456 e. The van der Waals surface area contributed by atoms with Crippen LogP contribution < -0.4 is 0 Å². The van der Waals surface area contributed by atoms with Gasteiger partial charge in [-0.25, -0.2) is 8.78 Å². The first kappa shape index (κ1) is 14.5. The molecule has 0 saturated carbocycles. The van der Waals surface area contributed by atoms with Crippen molar-refractivity contribution in [2.24, 2.45) is 0 Å². The molecule has 1 unspecified atom stereocenters. The highest BCUT2D eigenvalue weighted by atomic mass is 19.4. The van der Waals surface area contributed by atoms with Crippen LogP contribution in [-0.4, -0.2) is 30.7 Å². The summed E-state index contributed by atoms with van der Waals surface area (Å²) < 4.78 is 89.2. The molecule has 0 spiro atoms. The van der Waals surface area contributed by atoms with Crippen LogP contribution in [0.5, 0.6) is 0 Å². The Morgan fingerprint density at radius 1 is 1.00 bits per heavy atom. The van der Waals surface area contributed by atoms with E-state index in [2.05, 4.69) is 4.74 Å². The second-order valence-corrected chi connectivity index (χ2v) is 2.91. The lowest BCUT2D eigenvalue weighted by molar-refractivity contribution is -0.345. The Bertz CT molecular complexity index is 204. The van der Waals surface area contributed by atoms with E-state index < -0.39 is 30.7 Å². The topological polar surface area (TPSA) is 9.23 Å². The van der Waals surface area contributed by atoms with E-state index in [1.165, 1.54) is 0 Å². The second kappa shape index (κ2) is 4.15. The molecule has 0 aromatic carbocycles. The molecule has 0 amide bonds. The summed E-state index contributed by atoms with van der Waals surface area (Å²) in [4.78, 5) is 0. The molecule has 92 valence electrons. The van der Waals surface area contributed by atoms with Crippen LogP contribution in [0.2, 0.25) is 0 Å². The van der Waals surface area contributed by atoms with E-state index in [1.54, 1.807) is 0 Å². The fraction of sp³-hybridized carbons (Fsp3) is 1.00. The van der Waals surface area contributed by atoms with E-state index in [4.69, 9.17) is 0 Å². The first-order valence-electron chi connectivity index (χ1n) is 3.88. The summed E-state index contributed by atoms with van der Waals surface area (Å²) >= 11 is 0. The molecule has 8 heteroatoms. The Balaban J connectivity index is 5.08. The highest BCUT2D eigenvalue weighted by Crippen LogP contribution is 2.44. The van der Waals surface area contributed by atoms with Crippen molar-refractivity contribution < 1.29 is 35.5 Å². The molecule has 0 heterocycles. The SMILES string of the molecule is CCOC(C(C)(F)F)C(F)(F)C(F)(F)F. The summed E-state index contributed by atoms with van der Waals surface area (Å²) in [7, 11) is 0. The van der Waals surface area contributed by atoms with E-state index in [9.17, 15) is 30.7 Å². The Kier molecular flexibility index (Phi) is 4.00. The van der Waals surface area contributed by atoms with E-state index in [0.29, 0.717) is 0 Å². The molecule has 0 N–H and O–H groups in total. The average Bonchev–Trinajstić information content (AvgIpc) is 1.95. The van der Waals surface area contributed by atoms with Gasteiger partial charge in [-0.2, -0.15) is 22.0 Å². The number of ether oxygens (including phenoxy) is 1. The van der Waals surface area contributed by atoms with Crippen LogP contribution in [0.4, 0.5) is 30.7 Å². The third-order valence-electron chi connectivity index (χ3n) is 1.50. The van der Waals surface area contributed by atoms with Crippen molar-refractivity contribution in [2.45, 2.75) is 38.0 Å². The van der Waals surface area contributed by atoms with Gasteiger partial charge in [0, 0.05) is 13.5 Å². The maximum absolute atomic E-state index is 12.5. The van der Waals surface area contributed by atoms with Crippen molar-refractivity contribution >= 4 is 0 Å². The molecule has 0 aromatic rings. The lowest BCUT2D eigenvalue weighted by Gasteiger charge is -2.31. The minimum atomic E-state index is -6.06. The van der Waals surface area contributed by atoms with Gasteiger partial charge in [0.15, 0.2) is 6.10 Å². The van der Waals surface area contributed by atoms with Gasteiger partial charge >= 0.3 is 12.1 Å². The third-order valence-corrected chi connectivity index (χ3v) is 1.50. The van der Waals surface area contributed by atoms with Crippen LogP contribution in [0.1, 0.15) is 13.8 Å². The standard InChI is InChI=1S/C7H9F7O/c1-3-15-4(5(2,8)9)6(10,11)7(12,13)14/h4H,3H2,1-2H3. The van der Waals surface area contributed by atoms with Gasteiger partial charge in [0.1, 0.15) is 0 Å². The average molecular weight is 242 g/mol. The Morgan fingerprint density at radius 2 is 1.40 bits per heavy atom. The van der Waals surface area contributed by atoms with Gasteiger partial charge in [0.05, 0.1) is 0 Å². The smallest absolute Gasteiger partial charge is 0.366 e. The Hall–Kier alpha value is -0.530. The number of hydrogen-bond donors (Lipinski definition) is 0. The highest BCUT2D eigenvalue weighted by molar-refractivity contribution is 4.92. The van der Waals surface area contributed by atoms with Gasteiger partial charge in [-0.1, -0.05) is 0 Å². The first-order valence-corrected chi connectivity index (χ1v) is 3.88. The minimum absolute atomic E-state index is 0.0486. The third kappa shape index (κ3) is 3.22. The summed E-state index contributed by atoms with van der Waals surface area (Å²) in [5.41, 5.74) is 0. The normalized spacial score (nSPS) is 16.6. The summed E-state index contributed by atoms with van der Waals surface area (Å²) in [5.74, 6) is -9.86. The zero-order valence-electron chi connectivity index (χ0n) is 7.84. The molecular formula is C7H9F7O. The molecule has 0 aliphatic carbocycles. The van der Waals surface area contributed by atoms with Crippen LogP contribution in [0, 0.1) is 0 Å². The molecule has 0 saturated heterocycles. The van der Waals surface area contributed by atoms with E-state index in [-0.39, 0.29) is 6.92 Å². The second-order valence-electron chi connectivity index (χ2n) is 2.91. The molecule has 0 rings (SSSR count). The van der Waals surface area contributed by atoms with Crippen LogP contribution in [-0.2, 0) is 4.74 Å². The van der Waals surface area contributed by atoms with Gasteiger partial charge in [0.25, 0.3) is 5.92 Å². The predicted molar refractivity (Wildman–Crippen MR) is 37.0 cm³/mol. The van der Waals surface area contributed by atoms with Crippen LogP contribution in [0.3, 0.4) is 0 Å². The first-order chi connectivity index (χ1) is 6.44. The lowest BCUT2D eigenvalue weighted by Crippen LogP contribution is -2.55. The molecule has 15 heavy (non-hydrogen) atoms. The predicted octanol–water partition coefficient (Wildman–Crippen LogP) is 3.24. The van der Waals surface area contributed by atoms with Gasteiger partial charge in [-0.15, -0.1) is 0 Å². The van der Waals surface area contributed by atoms with Crippen molar-refractivity contribution in [3.8, 4) is 0 Å². The van der Waals surface area contributed by atoms with Crippen molar-refractivity contribution in [2.75, 3.05) is 6.61 Å². The molecule has 0 fully saturated rings. The summed E-state index contributed by atoms with van der Waals surface area (Å²) in [6.45, 7) is 0.331. The molecular weight excluding hydrogens is 233 g/mol. The lowest BCUT2D eigenvalue weighted by atomic mass is 10.1. The summed E-state index contributed by atoms with van der Waals surface area (Å²) in [6, 6.07) is 0. The zero-order valence-corrected chi connectivity index (χ0v) is 7.84. The fourth-order valence-corrected chi connectivity index (χ4v) is 0.885.